The van der Waals surface area contributed by atoms with Gasteiger partial charge in [-0.15, -0.1) is 0 Å². The van der Waals surface area contributed by atoms with Crippen LogP contribution in [-0.2, 0) is 0 Å². The number of β-amino-alcohol motifs (C(OH)–C–C–N with tert-alkyl or cyclic N) is 1. The Morgan fingerprint density at radius 1 is 0.812 bits per heavy atom. The second-order valence-corrected chi connectivity index (χ2v) is 5.09. The van der Waals surface area contributed by atoms with Crippen molar-refractivity contribution in [2.45, 2.75) is 44.4 Å². The minimum absolute atomic E-state index is 0.615. The van der Waals surface area contributed by atoms with Crippen LogP contribution >= 0.6 is 0 Å². The van der Waals surface area contributed by atoms with Gasteiger partial charge in [0.15, 0.2) is 0 Å². The standard InChI is InChI=1S/C12H24N2O2/c15-11(10-13-6-4-5-7-13)12(16)14-8-2-1-3-9-14/h11-12,15-16H,1-10H2. The third kappa shape index (κ3) is 3.17. The Hall–Kier alpha value is -0.160. The minimum Gasteiger partial charge on any atom is -0.388 e. The second kappa shape index (κ2) is 5.96. The van der Waals surface area contributed by atoms with Crippen molar-refractivity contribution in [3.8, 4) is 0 Å². The maximum atomic E-state index is 10.1. The quantitative estimate of drug-likeness (QED) is 0.724. The van der Waals surface area contributed by atoms with Crippen molar-refractivity contribution in [1.82, 2.24) is 9.80 Å². The fraction of sp³-hybridized carbons (Fsp3) is 1.00. The van der Waals surface area contributed by atoms with Crippen molar-refractivity contribution in [3.63, 3.8) is 0 Å². The molecule has 0 amide bonds. The van der Waals surface area contributed by atoms with Crippen molar-refractivity contribution in [2.24, 2.45) is 0 Å². The van der Waals surface area contributed by atoms with E-state index in [1.807, 2.05) is 4.90 Å². The van der Waals surface area contributed by atoms with Gasteiger partial charge in [-0.2, -0.15) is 0 Å². The molecule has 0 spiro atoms. The Labute approximate surface area is 97.9 Å². The van der Waals surface area contributed by atoms with Gasteiger partial charge in [0.2, 0.25) is 0 Å². The van der Waals surface area contributed by atoms with E-state index in [0.29, 0.717) is 6.54 Å². The Bertz CT molecular complexity index is 201. The first kappa shape index (κ1) is 12.3. The molecule has 2 N–H and O–H groups in total. The molecule has 2 aliphatic rings. The van der Waals surface area contributed by atoms with Crippen LogP contribution in [0.3, 0.4) is 0 Å². The first-order valence-electron chi connectivity index (χ1n) is 6.60. The lowest BCUT2D eigenvalue weighted by molar-refractivity contribution is -0.0964. The van der Waals surface area contributed by atoms with E-state index in [1.54, 1.807) is 0 Å². The van der Waals surface area contributed by atoms with Gasteiger partial charge < -0.3 is 15.1 Å². The molecule has 2 rings (SSSR count). The molecule has 2 saturated heterocycles. The Kier molecular flexibility index (Phi) is 4.58. The van der Waals surface area contributed by atoms with Crippen LogP contribution in [0.25, 0.3) is 0 Å². The summed E-state index contributed by atoms with van der Waals surface area (Å²) in [5, 5.41) is 20.0. The Morgan fingerprint density at radius 2 is 1.38 bits per heavy atom. The first-order chi connectivity index (χ1) is 7.77. The molecule has 16 heavy (non-hydrogen) atoms. The summed E-state index contributed by atoms with van der Waals surface area (Å²) in [6, 6.07) is 0. The lowest BCUT2D eigenvalue weighted by Crippen LogP contribution is -2.49. The van der Waals surface area contributed by atoms with Crippen LogP contribution in [0.1, 0.15) is 32.1 Å². The molecule has 0 saturated carbocycles. The third-order valence-corrected chi connectivity index (χ3v) is 3.75. The normalized spacial score (nSPS) is 28.1. The summed E-state index contributed by atoms with van der Waals surface area (Å²) in [7, 11) is 0. The number of likely N-dealkylation sites (tertiary alicyclic amines) is 2. The van der Waals surface area contributed by atoms with E-state index in [4.69, 9.17) is 0 Å². The predicted molar refractivity (Wildman–Crippen MR) is 63.1 cm³/mol. The maximum absolute atomic E-state index is 10.1. The minimum atomic E-state index is -0.666. The van der Waals surface area contributed by atoms with Crippen LogP contribution in [0.2, 0.25) is 0 Å². The summed E-state index contributed by atoms with van der Waals surface area (Å²) in [6.45, 7) is 4.63. The zero-order valence-electron chi connectivity index (χ0n) is 10.0. The molecule has 2 unspecified atom stereocenters. The first-order valence-corrected chi connectivity index (χ1v) is 6.60. The molecular formula is C12H24N2O2. The number of rotatable bonds is 4. The lowest BCUT2D eigenvalue weighted by Gasteiger charge is -2.34. The molecule has 2 heterocycles. The zero-order chi connectivity index (χ0) is 11.4. The monoisotopic (exact) mass is 228 g/mol. The highest BCUT2D eigenvalue weighted by Gasteiger charge is 2.27. The van der Waals surface area contributed by atoms with Gasteiger partial charge >= 0.3 is 0 Å². The summed E-state index contributed by atoms with van der Waals surface area (Å²) in [5.41, 5.74) is 0. The van der Waals surface area contributed by atoms with E-state index in [2.05, 4.69) is 4.90 Å². The summed E-state index contributed by atoms with van der Waals surface area (Å²) in [4.78, 5) is 4.27. The third-order valence-electron chi connectivity index (χ3n) is 3.75. The zero-order valence-corrected chi connectivity index (χ0v) is 10.0. The SMILES string of the molecule is OC(CN1CCCC1)C(O)N1CCCCC1. The van der Waals surface area contributed by atoms with Crippen molar-refractivity contribution >= 4 is 0 Å². The summed E-state index contributed by atoms with van der Waals surface area (Å²) in [5.74, 6) is 0. The van der Waals surface area contributed by atoms with Gasteiger partial charge in [-0.25, -0.2) is 0 Å². The van der Waals surface area contributed by atoms with Gasteiger partial charge in [0.25, 0.3) is 0 Å². The molecule has 0 radical (unpaired) electrons. The number of aliphatic hydroxyl groups excluding tert-OH is 2. The molecule has 94 valence electrons. The van der Waals surface area contributed by atoms with Crippen molar-refractivity contribution < 1.29 is 10.2 Å². The molecule has 0 aromatic heterocycles. The highest BCUT2D eigenvalue weighted by Crippen LogP contribution is 2.15. The van der Waals surface area contributed by atoms with Gasteiger partial charge in [0.05, 0.1) is 0 Å². The van der Waals surface area contributed by atoms with E-state index in [9.17, 15) is 10.2 Å². The molecule has 4 heteroatoms. The topological polar surface area (TPSA) is 46.9 Å². The van der Waals surface area contributed by atoms with Gasteiger partial charge in [-0.3, -0.25) is 4.90 Å². The van der Waals surface area contributed by atoms with Crippen molar-refractivity contribution in [2.75, 3.05) is 32.7 Å². The number of hydrogen-bond acceptors (Lipinski definition) is 4. The summed E-state index contributed by atoms with van der Waals surface area (Å²) in [6.07, 6.45) is 4.72. The van der Waals surface area contributed by atoms with E-state index in [0.717, 1.165) is 39.0 Å². The molecule has 0 aromatic rings. The highest BCUT2D eigenvalue weighted by molar-refractivity contribution is 4.77. The average molecular weight is 228 g/mol. The van der Waals surface area contributed by atoms with E-state index >= 15 is 0 Å². The Balaban J connectivity index is 1.75. The van der Waals surface area contributed by atoms with Crippen LogP contribution in [-0.4, -0.2) is 65.1 Å². The van der Waals surface area contributed by atoms with Crippen LogP contribution in [0.5, 0.6) is 0 Å². The predicted octanol–water partition coefficient (Wildman–Crippen LogP) is 0.247. The number of hydrogen-bond donors (Lipinski definition) is 2. The maximum Gasteiger partial charge on any atom is 0.134 e. The molecule has 0 aliphatic carbocycles. The number of aliphatic hydroxyl groups is 2. The largest absolute Gasteiger partial charge is 0.388 e. The number of nitrogens with zero attached hydrogens (tertiary/aromatic N) is 2. The van der Waals surface area contributed by atoms with Crippen molar-refractivity contribution in [1.29, 1.82) is 0 Å². The van der Waals surface area contributed by atoms with Gasteiger partial charge in [-0.05, 0) is 38.8 Å². The second-order valence-electron chi connectivity index (χ2n) is 5.09. The molecule has 0 aromatic carbocycles. The fourth-order valence-electron chi connectivity index (χ4n) is 2.75. The molecule has 0 bridgehead atoms. The summed E-state index contributed by atoms with van der Waals surface area (Å²) < 4.78 is 0. The molecule has 4 nitrogen and oxygen atoms in total. The van der Waals surface area contributed by atoms with Crippen LogP contribution in [0, 0.1) is 0 Å². The smallest absolute Gasteiger partial charge is 0.134 e. The average Bonchev–Trinajstić information content (AvgIpc) is 2.82. The van der Waals surface area contributed by atoms with Crippen LogP contribution in [0.15, 0.2) is 0 Å². The lowest BCUT2D eigenvalue weighted by atomic mass is 10.1. The van der Waals surface area contributed by atoms with Crippen LogP contribution in [0.4, 0.5) is 0 Å². The van der Waals surface area contributed by atoms with Crippen molar-refractivity contribution in [3.05, 3.63) is 0 Å². The summed E-state index contributed by atoms with van der Waals surface area (Å²) >= 11 is 0. The Morgan fingerprint density at radius 3 is 2.00 bits per heavy atom. The molecular weight excluding hydrogens is 204 g/mol. The molecule has 2 fully saturated rings. The molecule has 2 aliphatic heterocycles. The molecule has 2 atom stereocenters. The van der Waals surface area contributed by atoms with Gasteiger partial charge in [0.1, 0.15) is 12.3 Å². The van der Waals surface area contributed by atoms with Crippen LogP contribution < -0.4 is 0 Å². The number of piperidine rings is 1. The fourth-order valence-corrected chi connectivity index (χ4v) is 2.75. The van der Waals surface area contributed by atoms with Gasteiger partial charge in [0, 0.05) is 19.6 Å². The van der Waals surface area contributed by atoms with E-state index in [1.165, 1.54) is 19.3 Å². The van der Waals surface area contributed by atoms with E-state index < -0.39 is 12.3 Å². The van der Waals surface area contributed by atoms with Gasteiger partial charge in [-0.1, -0.05) is 6.42 Å². The van der Waals surface area contributed by atoms with E-state index in [-0.39, 0.29) is 0 Å². The highest BCUT2D eigenvalue weighted by atomic mass is 16.3.